The Morgan fingerprint density at radius 3 is 1.90 bits per heavy atom. The summed E-state index contributed by atoms with van der Waals surface area (Å²) in [5.41, 5.74) is 1.45. The van der Waals surface area contributed by atoms with Crippen molar-refractivity contribution in [1.29, 1.82) is 0 Å². The minimum atomic E-state index is -0.577. The summed E-state index contributed by atoms with van der Waals surface area (Å²) in [7, 11) is 2.91. The lowest BCUT2D eigenvalue weighted by Crippen LogP contribution is -2.15. The molecule has 4 heteroatoms. The highest BCUT2D eigenvalue weighted by atomic mass is 19.1. The maximum absolute atomic E-state index is 13.0. The van der Waals surface area contributed by atoms with E-state index in [1.807, 2.05) is 0 Å². The highest BCUT2D eigenvalue weighted by Gasteiger charge is 2.23. The number of hydrogen-bond donors (Lipinski definition) is 0. The van der Waals surface area contributed by atoms with Crippen molar-refractivity contribution < 1.29 is 18.7 Å². The minimum absolute atomic E-state index is 0.341. The Kier molecular flexibility index (Phi) is 4.35. The number of esters is 1. The van der Waals surface area contributed by atoms with Crippen LogP contribution in [-0.2, 0) is 9.53 Å². The minimum Gasteiger partial charge on any atom is -0.497 e. The molecule has 0 amide bonds. The monoisotopic (exact) mass is 274 g/mol. The number of hydrogen-bond acceptors (Lipinski definition) is 3. The molecule has 2 aromatic rings. The maximum atomic E-state index is 13.0. The Morgan fingerprint density at radius 2 is 1.45 bits per heavy atom. The summed E-state index contributed by atoms with van der Waals surface area (Å²) in [5.74, 6) is -0.600. The first-order valence-electron chi connectivity index (χ1n) is 6.13. The molecule has 0 aliphatic rings. The van der Waals surface area contributed by atoms with Gasteiger partial charge in [0.1, 0.15) is 17.5 Å². The van der Waals surface area contributed by atoms with Crippen molar-refractivity contribution in [3.8, 4) is 5.75 Å². The van der Waals surface area contributed by atoms with E-state index >= 15 is 0 Å². The Morgan fingerprint density at radius 1 is 0.950 bits per heavy atom. The molecule has 0 bridgehead atoms. The fourth-order valence-corrected chi connectivity index (χ4v) is 2.03. The molecule has 104 valence electrons. The van der Waals surface area contributed by atoms with Gasteiger partial charge in [0.25, 0.3) is 0 Å². The number of rotatable bonds is 4. The van der Waals surface area contributed by atoms with Crippen LogP contribution in [0.15, 0.2) is 48.5 Å². The first-order valence-corrected chi connectivity index (χ1v) is 6.13. The summed E-state index contributed by atoms with van der Waals surface area (Å²) in [6.07, 6.45) is 0. The van der Waals surface area contributed by atoms with Gasteiger partial charge in [0.15, 0.2) is 0 Å². The van der Waals surface area contributed by atoms with E-state index in [0.29, 0.717) is 11.3 Å². The van der Waals surface area contributed by atoms with E-state index in [0.717, 1.165) is 5.56 Å². The highest BCUT2D eigenvalue weighted by molar-refractivity contribution is 5.82. The van der Waals surface area contributed by atoms with E-state index in [9.17, 15) is 9.18 Å². The van der Waals surface area contributed by atoms with Crippen LogP contribution < -0.4 is 4.74 Å². The van der Waals surface area contributed by atoms with E-state index in [-0.39, 0.29) is 11.8 Å². The lowest BCUT2D eigenvalue weighted by Gasteiger charge is -2.16. The fourth-order valence-electron chi connectivity index (χ4n) is 2.03. The standard InChI is InChI=1S/C16H15FO3/c1-19-14-9-5-12(6-10-14)15(16(18)20-2)11-3-7-13(17)8-4-11/h3-10,15H,1-2H3. The third-order valence-corrected chi connectivity index (χ3v) is 3.09. The molecule has 0 aliphatic heterocycles. The van der Waals surface area contributed by atoms with Gasteiger partial charge in [0.2, 0.25) is 0 Å². The van der Waals surface area contributed by atoms with Crippen LogP contribution in [-0.4, -0.2) is 20.2 Å². The molecule has 1 atom stereocenters. The third kappa shape index (κ3) is 2.96. The van der Waals surface area contributed by atoms with Crippen LogP contribution >= 0.6 is 0 Å². The predicted octanol–water partition coefficient (Wildman–Crippen LogP) is 3.14. The average Bonchev–Trinajstić information content (AvgIpc) is 2.50. The zero-order valence-corrected chi connectivity index (χ0v) is 11.3. The van der Waals surface area contributed by atoms with Gasteiger partial charge in [-0.05, 0) is 35.4 Å². The van der Waals surface area contributed by atoms with E-state index in [2.05, 4.69) is 0 Å². The second kappa shape index (κ2) is 6.19. The van der Waals surface area contributed by atoms with Gasteiger partial charge in [-0.15, -0.1) is 0 Å². The molecule has 2 aromatic carbocycles. The second-order valence-corrected chi connectivity index (χ2v) is 4.28. The third-order valence-electron chi connectivity index (χ3n) is 3.09. The van der Waals surface area contributed by atoms with Crippen LogP contribution in [0.3, 0.4) is 0 Å². The molecule has 0 aliphatic carbocycles. The van der Waals surface area contributed by atoms with Crippen molar-refractivity contribution >= 4 is 5.97 Å². The van der Waals surface area contributed by atoms with E-state index in [1.54, 1.807) is 43.5 Å². The van der Waals surface area contributed by atoms with Crippen LogP contribution in [0.2, 0.25) is 0 Å². The molecule has 0 saturated heterocycles. The lowest BCUT2D eigenvalue weighted by molar-refractivity contribution is -0.141. The van der Waals surface area contributed by atoms with Gasteiger partial charge >= 0.3 is 5.97 Å². The summed E-state index contributed by atoms with van der Waals surface area (Å²) < 4.78 is 22.9. The van der Waals surface area contributed by atoms with E-state index in [1.165, 1.54) is 19.2 Å². The van der Waals surface area contributed by atoms with Crippen molar-refractivity contribution in [3.63, 3.8) is 0 Å². The molecule has 20 heavy (non-hydrogen) atoms. The zero-order valence-electron chi connectivity index (χ0n) is 11.3. The Bertz CT molecular complexity index is 576. The average molecular weight is 274 g/mol. The Balaban J connectivity index is 2.41. The topological polar surface area (TPSA) is 35.5 Å². The Hall–Kier alpha value is -2.36. The van der Waals surface area contributed by atoms with Crippen molar-refractivity contribution in [1.82, 2.24) is 0 Å². The summed E-state index contributed by atoms with van der Waals surface area (Å²) >= 11 is 0. The molecule has 2 rings (SSSR count). The normalized spacial score (nSPS) is 11.8. The molecule has 0 heterocycles. The molecule has 3 nitrogen and oxygen atoms in total. The second-order valence-electron chi connectivity index (χ2n) is 4.28. The number of ether oxygens (including phenoxy) is 2. The maximum Gasteiger partial charge on any atom is 0.317 e. The first kappa shape index (κ1) is 14.1. The van der Waals surface area contributed by atoms with Crippen LogP contribution in [0.1, 0.15) is 17.0 Å². The first-order chi connectivity index (χ1) is 9.65. The van der Waals surface area contributed by atoms with Crippen LogP contribution in [0.5, 0.6) is 5.75 Å². The van der Waals surface area contributed by atoms with Gasteiger partial charge in [-0.1, -0.05) is 24.3 Å². The summed E-state index contributed by atoms with van der Waals surface area (Å²) in [4.78, 5) is 12.0. The predicted molar refractivity (Wildman–Crippen MR) is 73.3 cm³/mol. The number of carbonyl (C=O) groups excluding carboxylic acids is 1. The van der Waals surface area contributed by atoms with E-state index in [4.69, 9.17) is 9.47 Å². The molecular weight excluding hydrogens is 259 g/mol. The van der Waals surface area contributed by atoms with Gasteiger partial charge in [-0.25, -0.2) is 4.39 Å². The fraction of sp³-hybridized carbons (Fsp3) is 0.188. The molecule has 0 saturated carbocycles. The molecular formula is C16H15FO3. The van der Waals surface area contributed by atoms with Gasteiger partial charge in [0.05, 0.1) is 14.2 Å². The van der Waals surface area contributed by atoms with E-state index < -0.39 is 5.92 Å². The number of carbonyl (C=O) groups is 1. The van der Waals surface area contributed by atoms with Crippen molar-refractivity contribution in [2.24, 2.45) is 0 Å². The quantitative estimate of drug-likeness (QED) is 0.803. The van der Waals surface area contributed by atoms with Crippen molar-refractivity contribution in [3.05, 3.63) is 65.5 Å². The molecule has 0 radical (unpaired) electrons. The smallest absolute Gasteiger partial charge is 0.317 e. The molecule has 1 unspecified atom stereocenters. The van der Waals surface area contributed by atoms with Gasteiger partial charge in [0, 0.05) is 0 Å². The van der Waals surface area contributed by atoms with Crippen LogP contribution in [0, 0.1) is 5.82 Å². The molecule has 0 spiro atoms. The summed E-state index contributed by atoms with van der Waals surface area (Å²) in [6, 6.07) is 13.0. The van der Waals surface area contributed by atoms with Gasteiger partial charge in [-0.3, -0.25) is 4.79 Å². The largest absolute Gasteiger partial charge is 0.497 e. The van der Waals surface area contributed by atoms with Crippen molar-refractivity contribution in [2.75, 3.05) is 14.2 Å². The lowest BCUT2D eigenvalue weighted by atomic mass is 9.91. The van der Waals surface area contributed by atoms with Crippen LogP contribution in [0.4, 0.5) is 4.39 Å². The van der Waals surface area contributed by atoms with Gasteiger partial charge < -0.3 is 9.47 Å². The SMILES string of the molecule is COC(=O)C(c1ccc(F)cc1)c1ccc(OC)cc1. The van der Waals surface area contributed by atoms with Gasteiger partial charge in [-0.2, -0.15) is 0 Å². The number of benzene rings is 2. The highest BCUT2D eigenvalue weighted by Crippen LogP contribution is 2.27. The van der Waals surface area contributed by atoms with Crippen molar-refractivity contribution in [2.45, 2.75) is 5.92 Å². The summed E-state index contributed by atoms with van der Waals surface area (Å²) in [6.45, 7) is 0. The molecule has 0 aromatic heterocycles. The Labute approximate surface area is 117 Å². The molecule has 0 fully saturated rings. The number of methoxy groups -OCH3 is 2. The molecule has 0 N–H and O–H groups in total. The summed E-state index contributed by atoms with van der Waals surface area (Å²) in [5, 5.41) is 0. The zero-order chi connectivity index (χ0) is 14.5. The number of halogens is 1. The van der Waals surface area contributed by atoms with Crippen LogP contribution in [0.25, 0.3) is 0 Å².